The maximum atomic E-state index is 13.5. The van der Waals surface area contributed by atoms with Crippen molar-refractivity contribution in [1.29, 1.82) is 5.26 Å². The molecule has 0 atom stereocenters. The van der Waals surface area contributed by atoms with Crippen LogP contribution in [0.1, 0.15) is 27.0 Å². The van der Waals surface area contributed by atoms with Crippen LogP contribution in [0.3, 0.4) is 0 Å². The van der Waals surface area contributed by atoms with Gasteiger partial charge < -0.3 is 10.1 Å². The van der Waals surface area contributed by atoms with Gasteiger partial charge in [0.25, 0.3) is 5.91 Å². The van der Waals surface area contributed by atoms with Crippen molar-refractivity contribution in [3.63, 3.8) is 0 Å². The average Bonchev–Trinajstić information content (AvgIpc) is 2.94. The summed E-state index contributed by atoms with van der Waals surface area (Å²) in [6, 6.07) is 11.2. The first-order valence-corrected chi connectivity index (χ1v) is 6.38. The minimum absolute atomic E-state index is 0.166. The van der Waals surface area contributed by atoms with Crippen molar-refractivity contribution in [2.75, 3.05) is 5.32 Å². The molecule has 3 rings (SSSR count). The highest BCUT2D eigenvalue weighted by Crippen LogP contribution is 2.22. The Kier molecular flexibility index (Phi) is 3.38. The maximum absolute atomic E-state index is 13.5. The van der Waals surface area contributed by atoms with Gasteiger partial charge in [0.1, 0.15) is 17.4 Å². The van der Waals surface area contributed by atoms with Crippen molar-refractivity contribution >= 4 is 11.6 Å². The molecule has 2 aromatic rings. The third-order valence-corrected chi connectivity index (χ3v) is 3.36. The highest BCUT2D eigenvalue weighted by atomic mass is 19.1. The molecule has 1 amide bonds. The Morgan fingerprint density at radius 3 is 2.86 bits per heavy atom. The lowest BCUT2D eigenvalue weighted by Gasteiger charge is -2.08. The molecule has 5 heteroatoms. The van der Waals surface area contributed by atoms with Gasteiger partial charge >= 0.3 is 0 Å². The predicted octanol–water partition coefficient (Wildman–Crippen LogP) is 2.98. The molecule has 1 aliphatic rings. The fraction of sp³-hybridized carbons (Fsp3) is 0.125. The molecular weight excluding hydrogens is 271 g/mol. The zero-order valence-corrected chi connectivity index (χ0v) is 11.0. The second-order valence-electron chi connectivity index (χ2n) is 4.70. The minimum atomic E-state index is -0.655. The van der Waals surface area contributed by atoms with E-state index in [9.17, 15) is 9.18 Å². The number of benzene rings is 2. The van der Waals surface area contributed by atoms with Crippen LogP contribution in [0.25, 0.3) is 0 Å². The van der Waals surface area contributed by atoms with E-state index >= 15 is 0 Å². The lowest BCUT2D eigenvalue weighted by molar-refractivity contribution is 0.102. The highest BCUT2D eigenvalue weighted by Gasteiger charge is 2.16. The summed E-state index contributed by atoms with van der Waals surface area (Å²) >= 11 is 0. The topological polar surface area (TPSA) is 62.1 Å². The quantitative estimate of drug-likeness (QED) is 0.921. The highest BCUT2D eigenvalue weighted by molar-refractivity contribution is 6.05. The molecule has 1 heterocycles. The fourth-order valence-corrected chi connectivity index (χ4v) is 2.25. The van der Waals surface area contributed by atoms with Crippen LogP contribution in [-0.2, 0) is 18.0 Å². The molecule has 0 spiro atoms. The van der Waals surface area contributed by atoms with Crippen molar-refractivity contribution in [3.05, 3.63) is 64.5 Å². The Morgan fingerprint density at radius 1 is 1.24 bits per heavy atom. The molecule has 0 saturated carbocycles. The van der Waals surface area contributed by atoms with E-state index in [1.807, 2.05) is 6.07 Å². The average molecular weight is 282 g/mol. The number of fused-ring (bicyclic) bond motifs is 1. The molecule has 0 saturated heterocycles. The van der Waals surface area contributed by atoms with Crippen molar-refractivity contribution < 1.29 is 13.9 Å². The molecule has 2 aromatic carbocycles. The maximum Gasteiger partial charge on any atom is 0.255 e. The number of nitrogens with zero attached hydrogens (tertiary/aromatic N) is 1. The summed E-state index contributed by atoms with van der Waals surface area (Å²) in [5, 5.41) is 11.5. The van der Waals surface area contributed by atoms with Gasteiger partial charge in [-0.15, -0.1) is 0 Å². The number of nitrogens with one attached hydrogen (secondary N) is 1. The molecule has 21 heavy (non-hydrogen) atoms. The number of anilines is 1. The predicted molar refractivity (Wildman–Crippen MR) is 74.0 cm³/mol. The zero-order valence-electron chi connectivity index (χ0n) is 11.0. The molecule has 0 aromatic heterocycles. The first kappa shape index (κ1) is 13.3. The number of hydrogen-bond acceptors (Lipinski definition) is 3. The summed E-state index contributed by atoms with van der Waals surface area (Å²) in [6.07, 6.45) is 0. The number of ether oxygens (including phenoxy) is 1. The Labute approximate surface area is 120 Å². The van der Waals surface area contributed by atoms with Crippen LogP contribution in [0.2, 0.25) is 0 Å². The van der Waals surface area contributed by atoms with Gasteiger partial charge in [0.05, 0.1) is 18.9 Å². The third-order valence-electron chi connectivity index (χ3n) is 3.36. The lowest BCUT2D eigenvalue weighted by atomic mass is 10.1. The number of rotatable bonds is 2. The van der Waals surface area contributed by atoms with E-state index in [1.54, 1.807) is 18.2 Å². The second kappa shape index (κ2) is 5.35. The van der Waals surface area contributed by atoms with E-state index in [2.05, 4.69) is 5.32 Å². The van der Waals surface area contributed by atoms with Crippen LogP contribution < -0.4 is 5.32 Å². The number of carbonyl (C=O) groups is 1. The summed E-state index contributed by atoms with van der Waals surface area (Å²) in [6.45, 7) is 1.04. The summed E-state index contributed by atoms with van der Waals surface area (Å²) in [5.41, 5.74) is 2.49. The first-order valence-electron chi connectivity index (χ1n) is 6.38. The van der Waals surface area contributed by atoms with Crippen molar-refractivity contribution in [2.45, 2.75) is 13.2 Å². The molecule has 0 radical (unpaired) electrons. The Hall–Kier alpha value is -2.71. The molecule has 0 fully saturated rings. The minimum Gasteiger partial charge on any atom is -0.372 e. The van der Waals surface area contributed by atoms with Crippen LogP contribution in [0.4, 0.5) is 10.1 Å². The zero-order chi connectivity index (χ0) is 14.8. The van der Waals surface area contributed by atoms with Crippen LogP contribution >= 0.6 is 0 Å². The Bertz CT molecular complexity index is 765. The lowest BCUT2D eigenvalue weighted by Crippen LogP contribution is -2.13. The number of halogens is 1. The van der Waals surface area contributed by atoms with Gasteiger partial charge in [0.15, 0.2) is 0 Å². The monoisotopic (exact) mass is 282 g/mol. The SMILES string of the molecule is N#Cc1c(F)cccc1NC(=O)c1ccc2c(c1)COC2. The summed E-state index contributed by atoms with van der Waals surface area (Å²) < 4.78 is 18.8. The van der Waals surface area contributed by atoms with Gasteiger partial charge in [0, 0.05) is 5.56 Å². The van der Waals surface area contributed by atoms with E-state index < -0.39 is 5.82 Å². The van der Waals surface area contributed by atoms with Crippen molar-refractivity contribution in [1.82, 2.24) is 0 Å². The van der Waals surface area contributed by atoms with Gasteiger partial charge in [0.2, 0.25) is 0 Å². The van der Waals surface area contributed by atoms with Crippen LogP contribution in [0, 0.1) is 17.1 Å². The van der Waals surface area contributed by atoms with Crippen LogP contribution in [-0.4, -0.2) is 5.91 Å². The number of amides is 1. The molecule has 0 unspecified atom stereocenters. The van der Waals surface area contributed by atoms with Crippen LogP contribution in [0.5, 0.6) is 0 Å². The smallest absolute Gasteiger partial charge is 0.255 e. The van der Waals surface area contributed by atoms with E-state index in [4.69, 9.17) is 10.00 Å². The molecule has 4 nitrogen and oxygen atoms in total. The number of nitriles is 1. The first-order chi connectivity index (χ1) is 10.2. The van der Waals surface area contributed by atoms with Crippen molar-refractivity contribution in [3.8, 4) is 6.07 Å². The second-order valence-corrected chi connectivity index (χ2v) is 4.70. The third kappa shape index (κ3) is 2.49. The number of carbonyl (C=O) groups excluding carboxylic acids is 1. The fourth-order valence-electron chi connectivity index (χ4n) is 2.25. The van der Waals surface area contributed by atoms with E-state index in [0.717, 1.165) is 11.1 Å². The molecule has 1 N–H and O–H groups in total. The van der Waals surface area contributed by atoms with E-state index in [0.29, 0.717) is 18.8 Å². The van der Waals surface area contributed by atoms with Gasteiger partial charge in [-0.1, -0.05) is 12.1 Å². The largest absolute Gasteiger partial charge is 0.372 e. The molecule has 0 bridgehead atoms. The van der Waals surface area contributed by atoms with Gasteiger partial charge in [-0.25, -0.2) is 4.39 Å². The van der Waals surface area contributed by atoms with Gasteiger partial charge in [-0.3, -0.25) is 4.79 Å². The normalized spacial score (nSPS) is 12.6. The van der Waals surface area contributed by atoms with E-state index in [-0.39, 0.29) is 17.2 Å². The standard InChI is InChI=1S/C16H11FN2O2/c17-14-2-1-3-15(13(14)7-18)19-16(20)10-4-5-11-8-21-9-12(11)6-10/h1-6H,8-9H2,(H,19,20). The summed E-state index contributed by atoms with van der Waals surface area (Å²) in [4.78, 5) is 12.2. The molecule has 0 aliphatic carbocycles. The molecular formula is C16H11FN2O2. The van der Waals surface area contributed by atoms with Gasteiger partial charge in [-0.05, 0) is 35.4 Å². The van der Waals surface area contributed by atoms with E-state index in [1.165, 1.54) is 18.2 Å². The van der Waals surface area contributed by atoms with Crippen LogP contribution in [0.15, 0.2) is 36.4 Å². The Balaban J connectivity index is 1.87. The molecule has 1 aliphatic heterocycles. The van der Waals surface area contributed by atoms with Crippen molar-refractivity contribution in [2.24, 2.45) is 0 Å². The Morgan fingerprint density at radius 2 is 2.05 bits per heavy atom. The summed E-state index contributed by atoms with van der Waals surface area (Å²) in [5.74, 6) is -1.04. The van der Waals surface area contributed by atoms with Gasteiger partial charge in [-0.2, -0.15) is 5.26 Å². The summed E-state index contributed by atoms with van der Waals surface area (Å²) in [7, 11) is 0. The molecule has 104 valence electrons. The number of hydrogen-bond donors (Lipinski definition) is 1.